The van der Waals surface area contributed by atoms with Gasteiger partial charge in [-0.2, -0.15) is 0 Å². The van der Waals surface area contributed by atoms with E-state index < -0.39 is 0 Å². The van der Waals surface area contributed by atoms with Gasteiger partial charge in [0.25, 0.3) is 0 Å². The van der Waals surface area contributed by atoms with Crippen LogP contribution in [0.15, 0.2) is 29.9 Å². The number of hydrogen-bond donors (Lipinski definition) is 1. The van der Waals surface area contributed by atoms with Crippen molar-refractivity contribution < 1.29 is 0 Å². The minimum Gasteiger partial charge on any atom is -0.338 e. The number of imidazole rings is 1. The number of hydrogen-bond acceptors (Lipinski definition) is 3. The maximum Gasteiger partial charge on any atom is 0.110 e. The second kappa shape index (κ2) is 5.98. The first-order valence-electron chi connectivity index (χ1n) is 6.04. The Morgan fingerprint density at radius 2 is 2.41 bits per heavy atom. The van der Waals surface area contributed by atoms with Gasteiger partial charge in [0.2, 0.25) is 0 Å². The Bertz CT molecular complexity index is 433. The first-order valence-corrected chi connectivity index (χ1v) is 6.92. The fourth-order valence-electron chi connectivity index (χ4n) is 1.86. The molecule has 2 heterocycles. The number of nitrogens with one attached hydrogen (secondary N) is 1. The first kappa shape index (κ1) is 12.3. The molecule has 0 aliphatic rings. The highest BCUT2D eigenvalue weighted by atomic mass is 32.1. The van der Waals surface area contributed by atoms with Gasteiger partial charge in [-0.05, 0) is 24.4 Å². The molecule has 0 fully saturated rings. The van der Waals surface area contributed by atoms with Crippen LogP contribution in [0, 0.1) is 0 Å². The molecule has 0 bridgehead atoms. The lowest BCUT2D eigenvalue weighted by molar-refractivity contribution is 0.519. The highest BCUT2D eigenvalue weighted by molar-refractivity contribution is 7.10. The summed E-state index contributed by atoms with van der Waals surface area (Å²) in [4.78, 5) is 5.79. The molecule has 1 unspecified atom stereocenters. The van der Waals surface area contributed by atoms with Gasteiger partial charge in [0.1, 0.15) is 5.82 Å². The van der Waals surface area contributed by atoms with E-state index in [1.807, 2.05) is 30.8 Å². The molecule has 2 aromatic rings. The Labute approximate surface area is 107 Å². The zero-order valence-electron chi connectivity index (χ0n) is 10.4. The van der Waals surface area contributed by atoms with Gasteiger partial charge < -0.3 is 9.88 Å². The number of nitrogens with zero attached hydrogens (tertiary/aromatic N) is 2. The van der Waals surface area contributed by atoms with Crippen LogP contribution in [0.1, 0.15) is 30.1 Å². The first-order chi connectivity index (χ1) is 8.31. The predicted molar refractivity (Wildman–Crippen MR) is 72.3 cm³/mol. The lowest BCUT2D eigenvalue weighted by atomic mass is 10.1. The van der Waals surface area contributed by atoms with Crippen molar-refractivity contribution in [3.8, 4) is 0 Å². The van der Waals surface area contributed by atoms with Gasteiger partial charge in [-0.25, -0.2) is 4.98 Å². The number of aryl methyl sites for hydroxylation is 1. The molecule has 2 aromatic heterocycles. The normalized spacial score (nSPS) is 12.8. The van der Waals surface area contributed by atoms with E-state index in [9.17, 15) is 0 Å². The molecule has 0 amide bonds. The maximum atomic E-state index is 4.40. The lowest BCUT2D eigenvalue weighted by Crippen LogP contribution is -2.24. The zero-order chi connectivity index (χ0) is 12.1. The van der Waals surface area contributed by atoms with Crippen LogP contribution in [0.5, 0.6) is 0 Å². The Kier molecular flexibility index (Phi) is 4.34. The van der Waals surface area contributed by atoms with Crippen molar-refractivity contribution in [2.45, 2.75) is 25.8 Å². The standard InChI is InChI=1S/C13H19N3S/c1-3-6-14-11(12-5-4-9-17-12)10-13-15-7-8-16(13)2/h4-5,7-9,11,14H,3,6,10H2,1-2H3. The summed E-state index contributed by atoms with van der Waals surface area (Å²) in [5.74, 6) is 1.13. The van der Waals surface area contributed by atoms with E-state index in [-0.39, 0.29) is 0 Å². The minimum absolute atomic E-state index is 0.385. The van der Waals surface area contributed by atoms with E-state index in [2.05, 4.69) is 39.3 Å². The van der Waals surface area contributed by atoms with E-state index in [1.165, 1.54) is 4.88 Å². The van der Waals surface area contributed by atoms with Crippen molar-refractivity contribution in [1.82, 2.24) is 14.9 Å². The summed E-state index contributed by atoms with van der Waals surface area (Å²) in [6, 6.07) is 4.69. The van der Waals surface area contributed by atoms with Crippen molar-refractivity contribution in [3.63, 3.8) is 0 Å². The molecular weight excluding hydrogens is 230 g/mol. The fourth-order valence-corrected chi connectivity index (χ4v) is 2.66. The molecule has 0 spiro atoms. The van der Waals surface area contributed by atoms with E-state index in [0.717, 1.165) is 25.2 Å². The summed E-state index contributed by atoms with van der Waals surface area (Å²) in [7, 11) is 2.05. The van der Waals surface area contributed by atoms with Crippen LogP contribution >= 0.6 is 11.3 Å². The second-order valence-corrected chi connectivity index (χ2v) is 5.16. The predicted octanol–water partition coefficient (Wildman–Crippen LogP) is 2.77. The molecule has 0 saturated carbocycles. The van der Waals surface area contributed by atoms with E-state index in [0.29, 0.717) is 6.04 Å². The Morgan fingerprint density at radius 1 is 1.53 bits per heavy atom. The van der Waals surface area contributed by atoms with Gasteiger partial charge >= 0.3 is 0 Å². The summed E-state index contributed by atoms with van der Waals surface area (Å²) in [5, 5.41) is 5.73. The molecule has 4 heteroatoms. The molecule has 0 aliphatic heterocycles. The third-order valence-electron chi connectivity index (χ3n) is 2.84. The van der Waals surface area contributed by atoms with Crippen LogP contribution in [-0.4, -0.2) is 16.1 Å². The molecule has 0 saturated heterocycles. The number of rotatable bonds is 6. The molecule has 0 aliphatic carbocycles. The van der Waals surface area contributed by atoms with Gasteiger partial charge in [0.15, 0.2) is 0 Å². The number of aromatic nitrogens is 2. The molecule has 1 N–H and O–H groups in total. The third-order valence-corrected chi connectivity index (χ3v) is 3.82. The second-order valence-electron chi connectivity index (χ2n) is 4.18. The van der Waals surface area contributed by atoms with Crippen LogP contribution in [0.2, 0.25) is 0 Å². The number of thiophene rings is 1. The average molecular weight is 249 g/mol. The summed E-state index contributed by atoms with van der Waals surface area (Å²) in [5.41, 5.74) is 0. The van der Waals surface area contributed by atoms with E-state index in [1.54, 1.807) is 0 Å². The Morgan fingerprint density at radius 3 is 3.00 bits per heavy atom. The van der Waals surface area contributed by atoms with Gasteiger partial charge in [-0.1, -0.05) is 13.0 Å². The highest BCUT2D eigenvalue weighted by Gasteiger charge is 2.14. The molecule has 0 radical (unpaired) electrons. The highest BCUT2D eigenvalue weighted by Crippen LogP contribution is 2.22. The van der Waals surface area contributed by atoms with Crippen LogP contribution in [-0.2, 0) is 13.5 Å². The van der Waals surface area contributed by atoms with E-state index >= 15 is 0 Å². The fraction of sp³-hybridized carbons (Fsp3) is 0.462. The average Bonchev–Trinajstić information content (AvgIpc) is 2.96. The lowest BCUT2D eigenvalue weighted by Gasteiger charge is -2.16. The maximum absolute atomic E-state index is 4.40. The summed E-state index contributed by atoms with van der Waals surface area (Å²) < 4.78 is 2.09. The third kappa shape index (κ3) is 3.17. The van der Waals surface area contributed by atoms with Crippen LogP contribution in [0.25, 0.3) is 0 Å². The van der Waals surface area contributed by atoms with Crippen molar-refractivity contribution in [2.24, 2.45) is 7.05 Å². The largest absolute Gasteiger partial charge is 0.338 e. The van der Waals surface area contributed by atoms with Crippen LogP contribution in [0.3, 0.4) is 0 Å². The topological polar surface area (TPSA) is 29.9 Å². The van der Waals surface area contributed by atoms with Crippen LogP contribution < -0.4 is 5.32 Å². The van der Waals surface area contributed by atoms with Gasteiger partial charge in [0, 0.05) is 36.8 Å². The summed E-state index contributed by atoms with van der Waals surface area (Å²) in [6.07, 6.45) is 5.97. The van der Waals surface area contributed by atoms with Gasteiger partial charge in [0.05, 0.1) is 0 Å². The van der Waals surface area contributed by atoms with Crippen molar-refractivity contribution in [1.29, 1.82) is 0 Å². The molecule has 2 rings (SSSR count). The Balaban J connectivity index is 2.08. The van der Waals surface area contributed by atoms with Gasteiger partial charge in [-0.3, -0.25) is 0 Å². The smallest absolute Gasteiger partial charge is 0.110 e. The molecule has 92 valence electrons. The van der Waals surface area contributed by atoms with Crippen molar-refractivity contribution >= 4 is 11.3 Å². The van der Waals surface area contributed by atoms with Gasteiger partial charge in [-0.15, -0.1) is 11.3 Å². The molecular formula is C13H19N3S. The Hall–Kier alpha value is -1.13. The summed E-state index contributed by atoms with van der Waals surface area (Å²) in [6.45, 7) is 3.24. The molecule has 0 aromatic carbocycles. The van der Waals surface area contributed by atoms with Crippen molar-refractivity contribution in [2.75, 3.05) is 6.54 Å². The van der Waals surface area contributed by atoms with Crippen molar-refractivity contribution in [3.05, 3.63) is 40.6 Å². The van der Waals surface area contributed by atoms with Crippen LogP contribution in [0.4, 0.5) is 0 Å². The monoisotopic (exact) mass is 249 g/mol. The minimum atomic E-state index is 0.385. The summed E-state index contributed by atoms with van der Waals surface area (Å²) >= 11 is 1.81. The van der Waals surface area contributed by atoms with E-state index in [4.69, 9.17) is 0 Å². The molecule has 1 atom stereocenters. The molecule has 3 nitrogen and oxygen atoms in total. The quantitative estimate of drug-likeness (QED) is 0.853. The SMILES string of the molecule is CCCNC(Cc1nccn1C)c1cccs1. The molecule has 17 heavy (non-hydrogen) atoms. The zero-order valence-corrected chi connectivity index (χ0v) is 11.2.